The van der Waals surface area contributed by atoms with Gasteiger partial charge < -0.3 is 69.9 Å². The minimum absolute atomic E-state index is 0.0231. The van der Waals surface area contributed by atoms with Crippen LogP contribution in [0.4, 0.5) is 0 Å². The minimum atomic E-state index is -0.873. The number of carbonyl (C=O) groups excluding carboxylic acids is 12. The zero-order chi connectivity index (χ0) is 119. The summed E-state index contributed by atoms with van der Waals surface area (Å²) in [4.78, 5) is 138. The third-order valence-electron chi connectivity index (χ3n) is 22.5. The van der Waals surface area contributed by atoms with Gasteiger partial charge in [-0.1, -0.05) is 350 Å². The van der Waals surface area contributed by atoms with Gasteiger partial charge in [0, 0.05) is 25.2 Å². The minimum Gasteiger partial charge on any atom is -0.466 e. The normalized spacial score (nSPS) is 14.7. The van der Waals surface area contributed by atoms with E-state index in [0.717, 1.165) is 133 Å². The van der Waals surface area contributed by atoms with Crippen LogP contribution in [-0.2, 0) is 105 Å². The highest BCUT2D eigenvalue weighted by molar-refractivity contribution is 6.14. The van der Waals surface area contributed by atoms with Crippen molar-refractivity contribution in [2.45, 2.75) is 549 Å². The zero-order valence-electron chi connectivity index (χ0n) is 107. The predicted octanol–water partition coefficient (Wildman–Crippen LogP) is 28.3. The van der Waals surface area contributed by atoms with Crippen molar-refractivity contribution in [3.05, 3.63) is 12.2 Å². The maximum absolute atomic E-state index is 11.8. The quantitative estimate of drug-likeness (QED) is 0.0192. The van der Waals surface area contributed by atoms with Gasteiger partial charge in [-0.3, -0.25) is 52.8 Å². The number of nitrogens with zero attached hydrogens (tertiary/aromatic N) is 1. The summed E-state index contributed by atoms with van der Waals surface area (Å²) in [7, 11) is 0. The fourth-order valence-electron chi connectivity index (χ4n) is 13.2. The van der Waals surface area contributed by atoms with E-state index in [1.54, 1.807) is 13.8 Å². The van der Waals surface area contributed by atoms with Crippen LogP contribution in [0.3, 0.4) is 0 Å². The Labute approximate surface area is 920 Å². The van der Waals surface area contributed by atoms with Crippen molar-refractivity contribution in [1.29, 1.82) is 0 Å². The van der Waals surface area contributed by atoms with Gasteiger partial charge in [0.15, 0.2) is 0 Å². The predicted molar refractivity (Wildman–Crippen MR) is 618 cm³/mol. The Balaban J connectivity index is -0.000000249. The first-order valence-electron chi connectivity index (χ1n) is 56.8. The van der Waals surface area contributed by atoms with Crippen LogP contribution in [0, 0.1) is 94.6 Å². The first kappa shape index (κ1) is 159. The summed E-state index contributed by atoms with van der Waals surface area (Å²) in [5.41, 5.74) is 19.1. The van der Waals surface area contributed by atoms with Gasteiger partial charge in [-0.15, -0.1) is 0 Å². The van der Waals surface area contributed by atoms with Crippen molar-refractivity contribution >= 4 is 71.4 Å². The largest absolute Gasteiger partial charge is 0.466 e. The van der Waals surface area contributed by atoms with Crippen molar-refractivity contribution in [1.82, 2.24) is 10.2 Å². The van der Waals surface area contributed by atoms with Crippen LogP contribution in [0.1, 0.15) is 513 Å². The highest BCUT2D eigenvalue weighted by atomic mass is 16.6. The molecule has 0 aromatic carbocycles. The van der Waals surface area contributed by atoms with E-state index in [9.17, 15) is 57.5 Å². The lowest BCUT2D eigenvalue weighted by Crippen LogP contribution is -2.46. The van der Waals surface area contributed by atoms with Gasteiger partial charge in [0.2, 0.25) is 5.91 Å². The second-order valence-corrected chi connectivity index (χ2v) is 57.1. The molecule has 27 nitrogen and oxygen atoms in total. The molecule has 0 radical (unpaired) electrons. The molecule has 7 N–H and O–H groups in total. The van der Waals surface area contributed by atoms with Crippen LogP contribution in [-0.4, -0.2) is 178 Å². The lowest BCUT2D eigenvalue weighted by Gasteiger charge is -2.25. The Bertz CT molecular complexity index is 3580. The highest BCUT2D eigenvalue weighted by Crippen LogP contribution is 2.32. The van der Waals surface area contributed by atoms with E-state index in [1.165, 1.54) is 51.9 Å². The molecule has 0 bridgehead atoms. The fourth-order valence-corrected chi connectivity index (χ4v) is 13.2. The zero-order valence-corrected chi connectivity index (χ0v) is 107. The molecule has 5 atom stereocenters. The van der Waals surface area contributed by atoms with Crippen molar-refractivity contribution in [2.75, 3.05) is 66.0 Å². The van der Waals surface area contributed by atoms with Gasteiger partial charge in [0.1, 0.15) is 36.8 Å². The standard InChI is InChI=1S/C16H24N2O5.C13H27NO2.2C13H24O2.C12H25NO2.C11H23NO2.2C11H22O2.C10H20O3.C7H16.C6H14/c1-11(15(22)23-9-5-8-16(2,3)4)17-12(19)10-18-13(20)6-7-14(18)21;1-12(2,3)8-7-9-16-11(15)10(14)13(4,5)6;1-10(9-13(2,3)4)15-12(14)11-7-5-6-8-11;1-13(2,3)9-6-10-15-12(14)11-7-4-5-8-11;1-9(2)10(13)11(14)15-8-6-7-12(3,4)5;1-10(2,3)7-6-8-14-9(13)11(4,5)12;1-8(2)10(12)13-9(3)7-11(4,5)6;1-9(2)8-10(12)13-7-6-11(3,4)5;1-5-6-12-7-9(11)13-8-10(2,3)4;1-5-6-7(2,3)4;1-5-6(2,3)4/h6-7,11H,5,8-10H2,1-4H3,(H,17,19);10H,7-9,14H2,1-6H3;10-11H,5-9H2,1-4H3;11H,4-10H2,1-3H3;9-10H,6-8,13H2,1-5H3;6-8,12H2,1-5H3;8-9H,7H2,1-6H3;9H,6-8H2,1-5H3;5-8H2,1-4H3;5-6H2,1-4H3;5H2,1-4H3. The maximum atomic E-state index is 11.8. The number of ether oxygens (including phenoxy) is 10. The molecular weight excluding hydrogens is 1900 g/mol. The van der Waals surface area contributed by atoms with Crippen molar-refractivity contribution in [3.8, 4) is 0 Å². The van der Waals surface area contributed by atoms with Crippen LogP contribution in [0.2, 0.25) is 0 Å². The molecule has 0 spiro atoms. The van der Waals surface area contributed by atoms with E-state index >= 15 is 0 Å². The molecule has 150 heavy (non-hydrogen) atoms. The van der Waals surface area contributed by atoms with Crippen LogP contribution in [0.25, 0.3) is 0 Å². The molecule has 3 aliphatic rings. The molecule has 0 aromatic heterocycles. The second kappa shape index (κ2) is 79.4. The van der Waals surface area contributed by atoms with E-state index in [2.05, 4.69) is 227 Å². The van der Waals surface area contributed by atoms with Gasteiger partial charge in [-0.25, -0.2) is 9.59 Å². The number of hydrogen-bond donors (Lipinski definition) is 4. The number of hydrogen-bond acceptors (Lipinski definition) is 25. The van der Waals surface area contributed by atoms with Crippen LogP contribution >= 0.6 is 0 Å². The molecule has 5 unspecified atom stereocenters. The fraction of sp³-hybridized carbons (Fsp3) is 0.886. The summed E-state index contributed by atoms with van der Waals surface area (Å²) < 4.78 is 51.5. The number of amides is 3. The lowest BCUT2D eigenvalue weighted by molar-refractivity contribution is -0.154. The molecule has 890 valence electrons. The number of nitrogens with one attached hydrogen (secondary N) is 1. The maximum Gasteiger partial charge on any atom is 0.332 e. The molecule has 2 aliphatic carbocycles. The van der Waals surface area contributed by atoms with Gasteiger partial charge >= 0.3 is 53.7 Å². The average Bonchev–Trinajstić information content (AvgIpc) is 1.33. The monoisotopic (exact) mass is 2140 g/mol. The van der Waals surface area contributed by atoms with Crippen LogP contribution < -0.4 is 22.5 Å². The third kappa shape index (κ3) is 115. The smallest absolute Gasteiger partial charge is 0.332 e. The van der Waals surface area contributed by atoms with Crippen molar-refractivity contribution < 1.29 is 105 Å². The molecule has 2 fully saturated rings. The van der Waals surface area contributed by atoms with Gasteiger partial charge in [-0.2, -0.15) is 0 Å². The summed E-state index contributed by atoms with van der Waals surface area (Å²) in [6.07, 6.45) is 28.9. The highest BCUT2D eigenvalue weighted by Gasteiger charge is 2.33. The molecule has 3 rings (SSSR count). The molecule has 0 aromatic rings. The molecule has 1 aliphatic heterocycles. The number of imide groups is 1. The average molecular weight is 2140 g/mol. The number of carbonyl (C=O) groups is 12. The molecule has 2 saturated carbocycles. The SMILES string of the molecule is CC(C)(C)CCCOC(=O)C(C)(C)N.CC(C)(C)CCCOC(=O)C(N)C(C)(C)C.CC(C)(C)CCCOC(=O)C1CCCC1.CC(C)C(N)C(=O)OCCCC(C)(C)C.CC(C)CC(=O)OCCC(C)(C)C.CC(CC(C)(C)C)OC(=O)C(C)C.CC(CC(C)(C)C)OC(=O)C1CCCC1.CC(NC(=O)CN1C(=O)C=CC1=O)C(=O)OCCCC(C)(C)C.CCC(C)(C)C.CCCC(C)(C)C.CCCOCC(=O)OCC(C)(C)C. The van der Waals surface area contributed by atoms with E-state index < -0.39 is 53.9 Å². The van der Waals surface area contributed by atoms with Gasteiger partial charge in [-0.05, 0) is 233 Å². The van der Waals surface area contributed by atoms with Gasteiger partial charge in [0.05, 0.1) is 76.2 Å². The molecular formula is C123H241N5O22. The van der Waals surface area contributed by atoms with Crippen LogP contribution in [0.5, 0.6) is 0 Å². The summed E-state index contributed by atoms with van der Waals surface area (Å²) in [6.45, 7) is 108. The number of rotatable bonds is 40. The van der Waals surface area contributed by atoms with E-state index in [1.807, 2.05) is 104 Å². The summed E-state index contributed by atoms with van der Waals surface area (Å²) in [5.74, 6) is -2.57. The summed E-state index contributed by atoms with van der Waals surface area (Å²) >= 11 is 0. The Morgan fingerprint density at radius 3 is 1.03 bits per heavy atom. The Kier molecular flexibility index (Phi) is 84.0. The topological polar surface area (TPSA) is 390 Å². The molecule has 1 heterocycles. The second-order valence-electron chi connectivity index (χ2n) is 57.1. The summed E-state index contributed by atoms with van der Waals surface area (Å²) in [5, 5.41) is 2.42. The van der Waals surface area contributed by atoms with E-state index in [4.69, 9.17) is 64.6 Å². The molecule has 27 heteroatoms. The summed E-state index contributed by atoms with van der Waals surface area (Å²) in [6, 6.07) is -1.86. The van der Waals surface area contributed by atoms with Crippen molar-refractivity contribution in [2.24, 2.45) is 112 Å². The van der Waals surface area contributed by atoms with E-state index in [0.29, 0.717) is 97.7 Å². The van der Waals surface area contributed by atoms with Crippen molar-refractivity contribution in [3.63, 3.8) is 0 Å². The first-order chi connectivity index (χ1) is 67.5. The number of nitrogens with two attached hydrogens (primary N) is 3. The molecule has 0 saturated heterocycles. The third-order valence-corrected chi connectivity index (χ3v) is 22.5. The van der Waals surface area contributed by atoms with E-state index in [-0.39, 0.29) is 123 Å². The molecule has 3 amide bonds. The number of esters is 9. The Morgan fingerprint density at radius 1 is 0.373 bits per heavy atom. The first-order valence-corrected chi connectivity index (χ1v) is 56.8. The Morgan fingerprint density at radius 2 is 0.720 bits per heavy atom. The Hall–Kier alpha value is -6.58. The lowest BCUT2D eigenvalue weighted by atomic mass is 9.87. The van der Waals surface area contributed by atoms with Gasteiger partial charge in [0.25, 0.3) is 11.8 Å². The van der Waals surface area contributed by atoms with Crippen LogP contribution in [0.15, 0.2) is 12.2 Å².